The Kier molecular flexibility index (Phi) is 4.08. The van der Waals surface area contributed by atoms with Crippen molar-refractivity contribution in [3.05, 3.63) is 0 Å². The Bertz CT molecular complexity index is 469. The number of amides is 3. The molecule has 3 amide bonds. The van der Waals surface area contributed by atoms with Gasteiger partial charge in [0.1, 0.15) is 6.04 Å². The maximum atomic E-state index is 12.5. The van der Waals surface area contributed by atoms with Crippen LogP contribution in [0.15, 0.2) is 0 Å². The van der Waals surface area contributed by atoms with Crippen molar-refractivity contribution in [3.63, 3.8) is 0 Å². The predicted molar refractivity (Wildman–Crippen MR) is 72.4 cm³/mol. The molecular weight excluding hydrogens is 278 g/mol. The molecule has 21 heavy (non-hydrogen) atoms. The number of carbonyl (C=O) groups is 3. The van der Waals surface area contributed by atoms with Gasteiger partial charge in [0, 0.05) is 33.2 Å². The van der Waals surface area contributed by atoms with Crippen molar-refractivity contribution in [2.75, 3.05) is 26.7 Å². The lowest BCUT2D eigenvalue weighted by molar-refractivity contribution is -0.141. The lowest BCUT2D eigenvalue weighted by Crippen LogP contribution is -2.48. The van der Waals surface area contributed by atoms with Crippen LogP contribution in [0.2, 0.25) is 0 Å². The summed E-state index contributed by atoms with van der Waals surface area (Å²) in [5.41, 5.74) is 4.62. The van der Waals surface area contributed by atoms with Gasteiger partial charge < -0.3 is 25.4 Å². The number of nitrogens with two attached hydrogens (primary N) is 1. The van der Waals surface area contributed by atoms with E-state index in [0.29, 0.717) is 13.0 Å². The summed E-state index contributed by atoms with van der Waals surface area (Å²) in [6, 6.07) is -1.25. The number of aliphatic carboxylic acids is 1. The van der Waals surface area contributed by atoms with Crippen LogP contribution in [-0.4, -0.2) is 71.7 Å². The fourth-order valence-corrected chi connectivity index (χ4v) is 2.92. The molecular formula is C13H21N3O5. The van der Waals surface area contributed by atoms with E-state index in [1.165, 1.54) is 16.9 Å². The van der Waals surface area contributed by atoms with E-state index in [0.717, 1.165) is 0 Å². The van der Waals surface area contributed by atoms with Crippen LogP contribution in [-0.2, 0) is 14.3 Å². The second kappa shape index (κ2) is 5.51. The normalized spacial score (nSPS) is 32.5. The van der Waals surface area contributed by atoms with E-state index in [1.54, 1.807) is 6.92 Å². The van der Waals surface area contributed by atoms with Gasteiger partial charge in [0.25, 0.3) is 0 Å². The third-order valence-corrected chi connectivity index (χ3v) is 4.47. The topological polar surface area (TPSA) is 113 Å². The molecule has 0 aromatic rings. The zero-order chi connectivity index (χ0) is 15.8. The summed E-state index contributed by atoms with van der Waals surface area (Å²) < 4.78 is 5.16. The number of primary amides is 1. The highest BCUT2D eigenvalue weighted by atomic mass is 16.5. The molecule has 0 spiro atoms. The summed E-state index contributed by atoms with van der Waals surface area (Å²) in [7, 11) is 1.50. The molecule has 3 unspecified atom stereocenters. The summed E-state index contributed by atoms with van der Waals surface area (Å²) in [4.78, 5) is 38.0. The van der Waals surface area contributed by atoms with E-state index in [9.17, 15) is 19.5 Å². The van der Waals surface area contributed by atoms with Gasteiger partial charge in [-0.1, -0.05) is 0 Å². The first-order valence-electron chi connectivity index (χ1n) is 6.89. The van der Waals surface area contributed by atoms with Crippen LogP contribution in [0.3, 0.4) is 0 Å². The van der Waals surface area contributed by atoms with E-state index in [4.69, 9.17) is 10.5 Å². The molecule has 0 aliphatic carbocycles. The van der Waals surface area contributed by atoms with Gasteiger partial charge in [0.05, 0.1) is 11.5 Å². The molecule has 2 aliphatic rings. The van der Waals surface area contributed by atoms with Crippen LogP contribution >= 0.6 is 0 Å². The number of methoxy groups -OCH3 is 1. The molecule has 0 bridgehead atoms. The van der Waals surface area contributed by atoms with E-state index in [2.05, 4.69) is 0 Å². The smallest absolute Gasteiger partial charge is 0.326 e. The minimum atomic E-state index is -1.04. The number of carboxylic acid groups (broad SMARTS) is 1. The van der Waals surface area contributed by atoms with Gasteiger partial charge in [-0.3, -0.25) is 4.79 Å². The molecule has 2 aliphatic heterocycles. The number of likely N-dealkylation sites (tertiary alicyclic amines) is 2. The second-order valence-electron chi connectivity index (χ2n) is 5.98. The first-order valence-corrected chi connectivity index (χ1v) is 6.89. The van der Waals surface area contributed by atoms with Crippen molar-refractivity contribution in [2.45, 2.75) is 31.9 Å². The zero-order valence-electron chi connectivity index (χ0n) is 12.2. The number of rotatable bonds is 3. The number of hydrogen-bond acceptors (Lipinski definition) is 4. The molecule has 2 rings (SSSR count). The summed E-state index contributed by atoms with van der Waals surface area (Å²) >= 11 is 0. The van der Waals surface area contributed by atoms with E-state index in [1.807, 2.05) is 0 Å². The van der Waals surface area contributed by atoms with Crippen molar-refractivity contribution < 1.29 is 24.2 Å². The SMILES string of the molecule is COC1CC(C(=O)O)N(C(=O)N2CCC(C)(C(N)=O)C2)C1. The zero-order valence-corrected chi connectivity index (χ0v) is 12.2. The number of carboxylic acids is 1. The highest BCUT2D eigenvalue weighted by Crippen LogP contribution is 2.31. The third kappa shape index (κ3) is 2.80. The van der Waals surface area contributed by atoms with Crippen molar-refractivity contribution in [2.24, 2.45) is 11.1 Å². The quantitative estimate of drug-likeness (QED) is 0.728. The highest BCUT2D eigenvalue weighted by Gasteiger charge is 2.46. The number of urea groups is 1. The molecule has 118 valence electrons. The van der Waals surface area contributed by atoms with Gasteiger partial charge in [0.2, 0.25) is 5.91 Å². The molecule has 3 N–H and O–H groups in total. The fraction of sp³-hybridized carbons (Fsp3) is 0.769. The number of nitrogens with zero attached hydrogens (tertiary/aromatic N) is 2. The molecule has 2 heterocycles. The highest BCUT2D eigenvalue weighted by molar-refractivity contribution is 5.86. The first kappa shape index (κ1) is 15.6. The molecule has 0 saturated carbocycles. The van der Waals surface area contributed by atoms with Crippen LogP contribution < -0.4 is 5.73 Å². The number of ether oxygens (including phenoxy) is 1. The van der Waals surface area contributed by atoms with Crippen LogP contribution in [0.5, 0.6) is 0 Å². The summed E-state index contributed by atoms with van der Waals surface area (Å²) in [5, 5.41) is 9.24. The van der Waals surface area contributed by atoms with Crippen LogP contribution in [0.25, 0.3) is 0 Å². The Labute approximate surface area is 122 Å². The average molecular weight is 299 g/mol. The molecule has 2 fully saturated rings. The predicted octanol–water partition coefficient (Wildman–Crippen LogP) is -0.522. The Hall–Kier alpha value is -1.83. The summed E-state index contributed by atoms with van der Waals surface area (Å²) in [5.74, 6) is -1.48. The fourth-order valence-electron chi connectivity index (χ4n) is 2.92. The van der Waals surface area contributed by atoms with E-state index >= 15 is 0 Å². The summed E-state index contributed by atoms with van der Waals surface area (Å²) in [6.07, 6.45) is 0.492. The molecule has 2 saturated heterocycles. The molecule has 0 aromatic heterocycles. The van der Waals surface area contributed by atoms with Crippen molar-refractivity contribution >= 4 is 17.9 Å². The first-order chi connectivity index (χ1) is 9.78. The Balaban J connectivity index is 2.09. The van der Waals surface area contributed by atoms with Crippen LogP contribution in [0.1, 0.15) is 19.8 Å². The maximum Gasteiger partial charge on any atom is 0.326 e. The third-order valence-electron chi connectivity index (χ3n) is 4.47. The van der Waals surface area contributed by atoms with Gasteiger partial charge in [-0.25, -0.2) is 9.59 Å². The second-order valence-corrected chi connectivity index (χ2v) is 5.98. The number of hydrogen-bond donors (Lipinski definition) is 2. The van der Waals surface area contributed by atoms with Gasteiger partial charge in [-0.2, -0.15) is 0 Å². The Morgan fingerprint density at radius 3 is 2.52 bits per heavy atom. The monoisotopic (exact) mass is 299 g/mol. The standard InChI is InChI=1S/C13H21N3O5/c1-13(11(14)19)3-4-15(7-13)12(20)16-6-8(21-2)5-9(16)10(17)18/h8-9H,3-7H2,1-2H3,(H2,14,19)(H,17,18). The van der Waals surface area contributed by atoms with Gasteiger partial charge in [-0.05, 0) is 13.3 Å². The largest absolute Gasteiger partial charge is 0.480 e. The van der Waals surface area contributed by atoms with Crippen LogP contribution in [0.4, 0.5) is 4.79 Å². The lowest BCUT2D eigenvalue weighted by atomic mass is 9.89. The van der Waals surface area contributed by atoms with Crippen molar-refractivity contribution in [3.8, 4) is 0 Å². The average Bonchev–Trinajstić information content (AvgIpc) is 3.02. The minimum absolute atomic E-state index is 0.224. The number of carbonyl (C=O) groups excluding carboxylic acids is 2. The Morgan fingerprint density at radius 2 is 2.05 bits per heavy atom. The van der Waals surface area contributed by atoms with Gasteiger partial charge in [0.15, 0.2) is 0 Å². The Morgan fingerprint density at radius 1 is 1.38 bits per heavy atom. The maximum absolute atomic E-state index is 12.5. The minimum Gasteiger partial charge on any atom is -0.480 e. The molecule has 8 nitrogen and oxygen atoms in total. The van der Waals surface area contributed by atoms with Crippen LogP contribution in [0, 0.1) is 5.41 Å². The van der Waals surface area contributed by atoms with Crippen molar-refractivity contribution in [1.82, 2.24) is 9.80 Å². The molecule has 8 heteroatoms. The van der Waals surface area contributed by atoms with Crippen molar-refractivity contribution in [1.29, 1.82) is 0 Å². The molecule has 0 aromatic carbocycles. The molecule has 0 radical (unpaired) electrons. The van der Waals surface area contributed by atoms with Gasteiger partial charge >= 0.3 is 12.0 Å². The summed E-state index contributed by atoms with van der Waals surface area (Å²) in [6.45, 7) is 2.59. The lowest BCUT2D eigenvalue weighted by Gasteiger charge is -2.28. The van der Waals surface area contributed by atoms with E-state index in [-0.39, 0.29) is 31.6 Å². The van der Waals surface area contributed by atoms with E-state index < -0.39 is 23.3 Å². The van der Waals surface area contributed by atoms with Gasteiger partial charge in [-0.15, -0.1) is 0 Å². The molecule has 3 atom stereocenters.